The highest BCUT2D eigenvalue weighted by atomic mass is 16.4. The molecule has 1 rings (SSSR count). The molecule has 4 atom stereocenters. The molecule has 8 N–H and O–H groups in total. The summed E-state index contributed by atoms with van der Waals surface area (Å²) in [5.74, 6) is -5.06. The molecule has 3 amide bonds. The van der Waals surface area contributed by atoms with Crippen LogP contribution in [0.25, 0.3) is 0 Å². The monoisotopic (exact) mass is 480 g/mol. The molecule has 12 nitrogen and oxygen atoms in total. The van der Waals surface area contributed by atoms with Crippen LogP contribution in [0.2, 0.25) is 0 Å². The summed E-state index contributed by atoms with van der Waals surface area (Å²) in [6, 6.07) is 1.47. The smallest absolute Gasteiger partial charge is 0.325 e. The minimum Gasteiger partial charge on any atom is -0.508 e. The van der Waals surface area contributed by atoms with Crippen LogP contribution in [0.1, 0.15) is 39.2 Å². The van der Waals surface area contributed by atoms with E-state index in [0.717, 1.165) is 0 Å². The van der Waals surface area contributed by atoms with E-state index in [0.29, 0.717) is 5.56 Å². The Morgan fingerprint density at radius 2 is 1.47 bits per heavy atom. The quantitative estimate of drug-likeness (QED) is 0.191. The van der Waals surface area contributed by atoms with Gasteiger partial charge in [0.25, 0.3) is 0 Å². The molecule has 0 saturated carbocycles. The Bertz CT molecular complexity index is 887. The number of nitrogens with two attached hydrogens (primary N) is 1. The van der Waals surface area contributed by atoms with Crippen LogP contribution in [0.3, 0.4) is 0 Å². The van der Waals surface area contributed by atoms with E-state index in [-0.39, 0.29) is 18.6 Å². The van der Waals surface area contributed by atoms with Crippen LogP contribution in [0.15, 0.2) is 24.3 Å². The minimum absolute atomic E-state index is 0.0672. The first kappa shape index (κ1) is 28.4. The van der Waals surface area contributed by atoms with Gasteiger partial charge in [-0.15, -0.1) is 0 Å². The number of phenols is 1. The first-order valence-electron chi connectivity index (χ1n) is 10.7. The van der Waals surface area contributed by atoms with Crippen LogP contribution < -0.4 is 21.7 Å². The number of carboxylic acid groups (broad SMARTS) is 2. The molecule has 0 spiro atoms. The molecule has 0 fully saturated rings. The zero-order valence-corrected chi connectivity index (χ0v) is 19.3. The number of rotatable bonds is 13. The van der Waals surface area contributed by atoms with Gasteiger partial charge >= 0.3 is 11.9 Å². The Balaban J connectivity index is 2.89. The Labute approximate surface area is 196 Å². The average Bonchev–Trinajstić information content (AvgIpc) is 2.75. The molecular formula is C22H32N4O8. The van der Waals surface area contributed by atoms with Crippen molar-refractivity contribution < 1.29 is 39.3 Å². The number of phenolic OH excluding ortho intramolecular Hbond substituents is 1. The number of carboxylic acids is 2. The maximum Gasteiger partial charge on any atom is 0.325 e. The molecule has 1 aromatic carbocycles. The third-order valence-corrected chi connectivity index (χ3v) is 4.98. The number of carbonyl (C=O) groups excluding carboxylic acids is 3. The molecule has 188 valence electrons. The number of hydrogen-bond donors (Lipinski definition) is 7. The van der Waals surface area contributed by atoms with Gasteiger partial charge in [0.1, 0.15) is 23.9 Å². The van der Waals surface area contributed by atoms with Crippen molar-refractivity contribution in [1.29, 1.82) is 0 Å². The predicted octanol–water partition coefficient (Wildman–Crippen LogP) is -0.658. The molecule has 12 heteroatoms. The topological polar surface area (TPSA) is 208 Å². The largest absolute Gasteiger partial charge is 0.508 e. The summed E-state index contributed by atoms with van der Waals surface area (Å²) in [6.45, 7) is 4.55. The van der Waals surface area contributed by atoms with Gasteiger partial charge in [0.15, 0.2) is 0 Å². The molecule has 0 aliphatic heterocycles. The molecule has 0 heterocycles. The van der Waals surface area contributed by atoms with Gasteiger partial charge < -0.3 is 37.0 Å². The fourth-order valence-corrected chi connectivity index (χ4v) is 2.95. The van der Waals surface area contributed by atoms with E-state index in [2.05, 4.69) is 16.0 Å². The van der Waals surface area contributed by atoms with Gasteiger partial charge in [-0.3, -0.25) is 24.0 Å². The van der Waals surface area contributed by atoms with E-state index in [1.807, 2.05) is 0 Å². The van der Waals surface area contributed by atoms with Crippen LogP contribution >= 0.6 is 0 Å². The number of carbonyl (C=O) groups is 5. The van der Waals surface area contributed by atoms with Crippen molar-refractivity contribution in [3.05, 3.63) is 29.8 Å². The average molecular weight is 481 g/mol. The van der Waals surface area contributed by atoms with Crippen molar-refractivity contribution in [1.82, 2.24) is 16.0 Å². The number of amides is 3. The molecule has 0 aliphatic rings. The zero-order chi connectivity index (χ0) is 26.0. The van der Waals surface area contributed by atoms with Gasteiger partial charge in [-0.05, 0) is 43.4 Å². The van der Waals surface area contributed by atoms with Crippen molar-refractivity contribution in [2.45, 2.75) is 64.2 Å². The lowest BCUT2D eigenvalue weighted by atomic mass is 10.0. The Kier molecular flexibility index (Phi) is 11.0. The third-order valence-electron chi connectivity index (χ3n) is 4.98. The number of aliphatic carboxylic acids is 2. The number of benzene rings is 1. The lowest BCUT2D eigenvalue weighted by Crippen LogP contribution is -2.58. The van der Waals surface area contributed by atoms with Crippen LogP contribution in [0.4, 0.5) is 0 Å². The highest BCUT2D eigenvalue weighted by Gasteiger charge is 2.31. The van der Waals surface area contributed by atoms with E-state index in [1.165, 1.54) is 19.1 Å². The van der Waals surface area contributed by atoms with Crippen LogP contribution in [-0.2, 0) is 30.4 Å². The van der Waals surface area contributed by atoms with Crippen molar-refractivity contribution in [3.63, 3.8) is 0 Å². The van der Waals surface area contributed by atoms with Gasteiger partial charge in [-0.25, -0.2) is 0 Å². The first-order chi connectivity index (χ1) is 15.8. The number of nitrogens with one attached hydrogen (secondary N) is 3. The predicted molar refractivity (Wildman–Crippen MR) is 121 cm³/mol. The summed E-state index contributed by atoms with van der Waals surface area (Å²) in [5.41, 5.74) is 6.66. The summed E-state index contributed by atoms with van der Waals surface area (Å²) in [4.78, 5) is 59.9. The second-order valence-electron chi connectivity index (χ2n) is 8.27. The Morgan fingerprint density at radius 3 is 1.97 bits per heavy atom. The van der Waals surface area contributed by atoms with Crippen molar-refractivity contribution in [2.75, 3.05) is 0 Å². The second-order valence-corrected chi connectivity index (χ2v) is 8.27. The molecule has 0 saturated heterocycles. The van der Waals surface area contributed by atoms with Gasteiger partial charge in [-0.2, -0.15) is 0 Å². The van der Waals surface area contributed by atoms with Gasteiger partial charge in [-0.1, -0.05) is 26.0 Å². The first-order valence-corrected chi connectivity index (χ1v) is 10.7. The van der Waals surface area contributed by atoms with E-state index in [1.54, 1.807) is 26.0 Å². The van der Waals surface area contributed by atoms with E-state index < -0.39 is 66.2 Å². The lowest BCUT2D eigenvalue weighted by molar-refractivity contribution is -0.142. The SMILES string of the molecule is CC(NC(=O)C(CCC(=O)O)NC(=O)C(NC(=O)C(N)Cc1ccc(O)cc1)C(C)C)C(=O)O. The van der Waals surface area contributed by atoms with Gasteiger partial charge in [0.2, 0.25) is 17.7 Å². The van der Waals surface area contributed by atoms with E-state index >= 15 is 0 Å². The molecule has 0 bridgehead atoms. The fraction of sp³-hybridized carbons (Fsp3) is 0.500. The van der Waals surface area contributed by atoms with Gasteiger partial charge in [0, 0.05) is 6.42 Å². The zero-order valence-electron chi connectivity index (χ0n) is 19.3. The molecular weight excluding hydrogens is 448 g/mol. The summed E-state index contributed by atoms with van der Waals surface area (Å²) < 4.78 is 0. The van der Waals surface area contributed by atoms with Crippen molar-refractivity contribution in [3.8, 4) is 5.75 Å². The maximum absolute atomic E-state index is 12.9. The molecule has 0 aliphatic carbocycles. The van der Waals surface area contributed by atoms with Crippen LogP contribution in [-0.4, -0.2) is 69.1 Å². The summed E-state index contributed by atoms with van der Waals surface area (Å²) in [7, 11) is 0. The molecule has 34 heavy (non-hydrogen) atoms. The maximum atomic E-state index is 12.9. The number of aromatic hydroxyl groups is 1. The summed E-state index contributed by atoms with van der Waals surface area (Å²) in [6.07, 6.45) is -0.580. The van der Waals surface area contributed by atoms with E-state index in [4.69, 9.17) is 15.9 Å². The minimum atomic E-state index is -1.32. The second kappa shape index (κ2) is 13.1. The lowest BCUT2D eigenvalue weighted by Gasteiger charge is -2.26. The molecule has 0 radical (unpaired) electrons. The van der Waals surface area contributed by atoms with E-state index in [9.17, 15) is 29.1 Å². The fourth-order valence-electron chi connectivity index (χ4n) is 2.95. The van der Waals surface area contributed by atoms with Gasteiger partial charge in [0.05, 0.1) is 6.04 Å². The van der Waals surface area contributed by atoms with Crippen LogP contribution in [0.5, 0.6) is 5.75 Å². The Hall–Kier alpha value is -3.67. The normalized spacial score (nSPS) is 14.4. The number of hydrogen-bond acceptors (Lipinski definition) is 7. The molecule has 1 aromatic rings. The van der Waals surface area contributed by atoms with Crippen molar-refractivity contribution >= 4 is 29.7 Å². The molecule has 4 unspecified atom stereocenters. The molecule has 0 aromatic heterocycles. The summed E-state index contributed by atoms with van der Waals surface area (Å²) in [5, 5.41) is 34.4. The van der Waals surface area contributed by atoms with Crippen molar-refractivity contribution in [2.24, 2.45) is 11.7 Å². The van der Waals surface area contributed by atoms with Crippen LogP contribution in [0, 0.1) is 5.92 Å². The highest BCUT2D eigenvalue weighted by Crippen LogP contribution is 2.11. The standard InChI is InChI=1S/C22H32N4O8/c1-11(2)18(26-19(30)15(23)10-13-4-6-14(27)7-5-13)21(32)25-16(8-9-17(28)29)20(31)24-12(3)22(33)34/h4-7,11-12,15-16,18,27H,8-10,23H2,1-3H3,(H,24,31)(H,25,32)(H,26,30)(H,28,29)(H,33,34). The Morgan fingerprint density at radius 1 is 0.882 bits per heavy atom. The third kappa shape index (κ3) is 9.45. The highest BCUT2D eigenvalue weighted by molar-refractivity contribution is 5.94. The summed E-state index contributed by atoms with van der Waals surface area (Å²) >= 11 is 0.